The van der Waals surface area contributed by atoms with Gasteiger partial charge in [0.25, 0.3) is 5.89 Å². The lowest BCUT2D eigenvalue weighted by molar-refractivity contribution is 0.507. The van der Waals surface area contributed by atoms with Crippen molar-refractivity contribution in [3.63, 3.8) is 0 Å². The molecule has 0 aliphatic rings. The first-order valence-corrected chi connectivity index (χ1v) is 3.84. The van der Waals surface area contributed by atoms with Crippen molar-refractivity contribution in [3.8, 4) is 11.6 Å². The minimum Gasteiger partial charge on any atom is -0.418 e. The molecule has 0 fully saturated rings. The molecule has 0 bridgehead atoms. The minimum absolute atomic E-state index is 0.250. The molecule has 6 heteroatoms. The Balaban J connectivity index is 2.41. The number of nitrogens with zero attached hydrogens (tertiary/aromatic N) is 3. The van der Waals surface area contributed by atoms with E-state index in [4.69, 9.17) is 10.2 Å². The molecule has 0 aliphatic heterocycles. The summed E-state index contributed by atoms with van der Waals surface area (Å²) in [6.45, 7) is 2.16. The zero-order chi connectivity index (χ0) is 9.26. The maximum Gasteiger partial charge on any atom is 0.266 e. The van der Waals surface area contributed by atoms with E-state index < -0.39 is 0 Å². The summed E-state index contributed by atoms with van der Waals surface area (Å²) in [4.78, 5) is 0. The summed E-state index contributed by atoms with van der Waals surface area (Å²) >= 11 is 0. The van der Waals surface area contributed by atoms with E-state index in [2.05, 4.69) is 20.4 Å². The van der Waals surface area contributed by atoms with Gasteiger partial charge in [-0.3, -0.25) is 5.10 Å². The smallest absolute Gasteiger partial charge is 0.266 e. The van der Waals surface area contributed by atoms with Crippen molar-refractivity contribution in [2.75, 3.05) is 0 Å². The Hall–Kier alpha value is -1.69. The number of hydrogen-bond acceptors (Lipinski definition) is 5. The predicted octanol–water partition coefficient (Wildman–Crippen LogP) is 0.227. The number of nitrogens with two attached hydrogens (primary N) is 1. The van der Waals surface area contributed by atoms with Crippen LogP contribution >= 0.6 is 0 Å². The third kappa shape index (κ3) is 1.31. The van der Waals surface area contributed by atoms with E-state index in [-0.39, 0.29) is 6.54 Å². The molecule has 13 heavy (non-hydrogen) atoms. The van der Waals surface area contributed by atoms with Crippen molar-refractivity contribution in [1.82, 2.24) is 20.4 Å². The third-order valence-electron chi connectivity index (χ3n) is 1.68. The Morgan fingerprint density at radius 1 is 1.54 bits per heavy atom. The second kappa shape index (κ2) is 2.98. The van der Waals surface area contributed by atoms with E-state index in [0.29, 0.717) is 11.8 Å². The molecule has 2 heterocycles. The summed E-state index contributed by atoms with van der Waals surface area (Å²) in [5.74, 6) is 0.847. The third-order valence-corrected chi connectivity index (χ3v) is 1.68. The maximum absolute atomic E-state index is 5.33. The summed E-state index contributed by atoms with van der Waals surface area (Å²) in [7, 11) is 0. The lowest BCUT2D eigenvalue weighted by atomic mass is 10.3. The van der Waals surface area contributed by atoms with Crippen molar-refractivity contribution in [2.45, 2.75) is 13.5 Å². The molecule has 0 saturated heterocycles. The number of aromatic amines is 1. The fraction of sp³-hybridized carbons (Fsp3) is 0.286. The van der Waals surface area contributed by atoms with Crippen LogP contribution in [0.1, 0.15) is 11.5 Å². The average Bonchev–Trinajstić information content (AvgIpc) is 2.71. The van der Waals surface area contributed by atoms with E-state index in [1.807, 2.05) is 6.92 Å². The molecule has 0 amide bonds. The Labute approximate surface area is 74.2 Å². The highest BCUT2D eigenvalue weighted by atomic mass is 16.4. The standard InChI is InChI=1S/C7H9N5O/c1-4-3-9-11-6(4)7-12-10-5(2-8)13-7/h3H,2,8H2,1H3,(H,9,11). The first kappa shape index (κ1) is 7.93. The van der Waals surface area contributed by atoms with Gasteiger partial charge in [0, 0.05) is 0 Å². The number of aryl methyl sites for hydroxylation is 1. The molecule has 0 aliphatic carbocycles. The van der Waals surface area contributed by atoms with Crippen LogP contribution in [-0.4, -0.2) is 20.4 Å². The van der Waals surface area contributed by atoms with Crippen LogP contribution in [0.5, 0.6) is 0 Å². The Morgan fingerprint density at radius 3 is 2.92 bits per heavy atom. The van der Waals surface area contributed by atoms with Crippen molar-refractivity contribution in [1.29, 1.82) is 0 Å². The molecule has 0 aromatic carbocycles. The van der Waals surface area contributed by atoms with Crippen molar-refractivity contribution in [3.05, 3.63) is 17.7 Å². The van der Waals surface area contributed by atoms with E-state index in [1.54, 1.807) is 6.20 Å². The molecule has 0 spiro atoms. The van der Waals surface area contributed by atoms with Crippen LogP contribution in [0, 0.1) is 6.92 Å². The van der Waals surface area contributed by atoms with E-state index in [9.17, 15) is 0 Å². The van der Waals surface area contributed by atoms with Crippen LogP contribution < -0.4 is 5.73 Å². The Bertz CT molecular complexity index is 404. The lowest BCUT2D eigenvalue weighted by Gasteiger charge is -1.89. The molecule has 2 rings (SSSR count). The molecule has 6 nitrogen and oxygen atoms in total. The molecule has 3 N–H and O–H groups in total. The topological polar surface area (TPSA) is 93.6 Å². The number of hydrogen-bond donors (Lipinski definition) is 2. The largest absolute Gasteiger partial charge is 0.418 e. The van der Waals surface area contributed by atoms with Gasteiger partial charge in [0.2, 0.25) is 5.89 Å². The molecule has 0 atom stereocenters. The van der Waals surface area contributed by atoms with Gasteiger partial charge in [-0.1, -0.05) is 0 Å². The van der Waals surface area contributed by atoms with Gasteiger partial charge in [-0.15, -0.1) is 10.2 Å². The summed E-state index contributed by atoms with van der Waals surface area (Å²) in [5.41, 5.74) is 7.04. The zero-order valence-corrected chi connectivity index (χ0v) is 7.11. The average molecular weight is 179 g/mol. The molecule has 0 unspecified atom stereocenters. The highest BCUT2D eigenvalue weighted by molar-refractivity contribution is 5.50. The molecule has 2 aromatic rings. The molecule has 0 saturated carbocycles. The molecular formula is C7H9N5O. The highest BCUT2D eigenvalue weighted by Gasteiger charge is 2.10. The van der Waals surface area contributed by atoms with Crippen LogP contribution in [0.25, 0.3) is 11.6 Å². The van der Waals surface area contributed by atoms with E-state index in [0.717, 1.165) is 11.3 Å². The zero-order valence-electron chi connectivity index (χ0n) is 7.11. The second-order valence-electron chi connectivity index (χ2n) is 2.63. The minimum atomic E-state index is 0.250. The Morgan fingerprint density at radius 2 is 2.38 bits per heavy atom. The fourth-order valence-corrected chi connectivity index (χ4v) is 1.000. The lowest BCUT2D eigenvalue weighted by Crippen LogP contribution is -1.95. The molecule has 68 valence electrons. The second-order valence-corrected chi connectivity index (χ2v) is 2.63. The summed E-state index contributed by atoms with van der Waals surface area (Å²) < 4.78 is 5.24. The quantitative estimate of drug-likeness (QED) is 0.688. The fourth-order valence-electron chi connectivity index (χ4n) is 1.000. The van der Waals surface area contributed by atoms with E-state index >= 15 is 0 Å². The highest BCUT2D eigenvalue weighted by Crippen LogP contribution is 2.17. The van der Waals surface area contributed by atoms with Crippen molar-refractivity contribution in [2.24, 2.45) is 5.73 Å². The van der Waals surface area contributed by atoms with Gasteiger partial charge < -0.3 is 10.2 Å². The van der Waals surface area contributed by atoms with Gasteiger partial charge >= 0.3 is 0 Å². The van der Waals surface area contributed by atoms with Crippen LogP contribution in [0.2, 0.25) is 0 Å². The molecule has 0 radical (unpaired) electrons. The summed E-state index contributed by atoms with van der Waals surface area (Å²) in [5, 5.41) is 14.2. The number of nitrogens with one attached hydrogen (secondary N) is 1. The van der Waals surface area contributed by atoms with Crippen LogP contribution in [-0.2, 0) is 6.54 Å². The first-order chi connectivity index (χ1) is 6.31. The number of rotatable bonds is 2. The summed E-state index contributed by atoms with van der Waals surface area (Å²) in [6, 6.07) is 0. The predicted molar refractivity (Wildman–Crippen MR) is 44.5 cm³/mol. The van der Waals surface area contributed by atoms with Crippen LogP contribution in [0.15, 0.2) is 10.6 Å². The van der Waals surface area contributed by atoms with Gasteiger partial charge in [0.15, 0.2) is 0 Å². The van der Waals surface area contributed by atoms with Gasteiger partial charge in [-0.2, -0.15) is 5.10 Å². The van der Waals surface area contributed by atoms with E-state index in [1.165, 1.54) is 0 Å². The van der Waals surface area contributed by atoms with Gasteiger partial charge in [0.1, 0.15) is 5.69 Å². The Kier molecular flexibility index (Phi) is 1.82. The first-order valence-electron chi connectivity index (χ1n) is 3.84. The van der Waals surface area contributed by atoms with Gasteiger partial charge in [-0.25, -0.2) is 0 Å². The van der Waals surface area contributed by atoms with Gasteiger partial charge in [-0.05, 0) is 12.5 Å². The molecular weight excluding hydrogens is 170 g/mol. The normalized spacial score (nSPS) is 10.6. The summed E-state index contributed by atoms with van der Waals surface area (Å²) in [6.07, 6.45) is 1.70. The van der Waals surface area contributed by atoms with Gasteiger partial charge in [0.05, 0.1) is 12.7 Å². The van der Waals surface area contributed by atoms with Crippen LogP contribution in [0.4, 0.5) is 0 Å². The molecule has 2 aromatic heterocycles. The van der Waals surface area contributed by atoms with Crippen molar-refractivity contribution >= 4 is 0 Å². The monoisotopic (exact) mass is 179 g/mol. The van der Waals surface area contributed by atoms with Crippen LogP contribution in [0.3, 0.4) is 0 Å². The van der Waals surface area contributed by atoms with Crippen molar-refractivity contribution < 1.29 is 4.42 Å². The number of H-pyrrole nitrogens is 1. The number of aromatic nitrogens is 4. The maximum atomic E-state index is 5.33. The SMILES string of the molecule is Cc1cn[nH]c1-c1nnc(CN)o1.